The highest BCUT2D eigenvalue weighted by atomic mass is 16.1. The fourth-order valence-corrected chi connectivity index (χ4v) is 2.18. The van der Waals surface area contributed by atoms with Crippen LogP contribution in [0.2, 0.25) is 0 Å². The molecule has 6 nitrogen and oxygen atoms in total. The van der Waals surface area contributed by atoms with E-state index in [0.717, 1.165) is 11.1 Å². The van der Waals surface area contributed by atoms with E-state index in [0.29, 0.717) is 24.3 Å². The van der Waals surface area contributed by atoms with Crippen LogP contribution in [0.15, 0.2) is 35.4 Å². The lowest BCUT2D eigenvalue weighted by Gasteiger charge is -2.07. The standard InChI is InChI=1S/C14H15N5O/c1-3-19-13-12(16-17-19)14(20)18(9-15-13)8-11-7-5-4-6-10(11)2/h4-7,9H,3,8H2,1-2H3. The molecule has 2 heterocycles. The van der Waals surface area contributed by atoms with Crippen molar-refractivity contribution in [3.8, 4) is 0 Å². The molecule has 0 amide bonds. The normalized spacial score (nSPS) is 11.1. The summed E-state index contributed by atoms with van der Waals surface area (Å²) in [5, 5.41) is 7.86. The van der Waals surface area contributed by atoms with Crippen molar-refractivity contribution in [2.45, 2.75) is 26.9 Å². The van der Waals surface area contributed by atoms with Gasteiger partial charge in [0.25, 0.3) is 5.56 Å². The average Bonchev–Trinajstić information content (AvgIpc) is 2.88. The molecule has 0 aliphatic heterocycles. The van der Waals surface area contributed by atoms with Crippen LogP contribution in [0, 0.1) is 6.92 Å². The molecule has 0 aliphatic carbocycles. The van der Waals surface area contributed by atoms with Gasteiger partial charge in [-0.05, 0) is 25.0 Å². The van der Waals surface area contributed by atoms with E-state index in [4.69, 9.17) is 0 Å². The van der Waals surface area contributed by atoms with Crippen molar-refractivity contribution in [3.63, 3.8) is 0 Å². The first-order chi connectivity index (χ1) is 9.70. The summed E-state index contributed by atoms with van der Waals surface area (Å²) >= 11 is 0. The molecule has 3 aromatic rings. The maximum atomic E-state index is 12.4. The van der Waals surface area contributed by atoms with Crippen molar-refractivity contribution < 1.29 is 0 Å². The van der Waals surface area contributed by atoms with Crippen LogP contribution < -0.4 is 5.56 Å². The fraction of sp³-hybridized carbons (Fsp3) is 0.286. The minimum atomic E-state index is -0.155. The summed E-state index contributed by atoms with van der Waals surface area (Å²) in [7, 11) is 0. The van der Waals surface area contributed by atoms with Gasteiger partial charge in [0.2, 0.25) is 0 Å². The third-order valence-electron chi connectivity index (χ3n) is 3.39. The second kappa shape index (κ2) is 4.88. The lowest BCUT2D eigenvalue weighted by molar-refractivity contribution is 0.640. The second-order valence-corrected chi connectivity index (χ2v) is 4.68. The molecular weight excluding hydrogens is 254 g/mol. The molecular formula is C14H15N5O. The Labute approximate surface area is 115 Å². The lowest BCUT2D eigenvalue weighted by Crippen LogP contribution is -2.22. The number of hydrogen-bond acceptors (Lipinski definition) is 4. The van der Waals surface area contributed by atoms with Gasteiger partial charge in [-0.2, -0.15) is 0 Å². The van der Waals surface area contributed by atoms with Crippen LogP contribution in [-0.2, 0) is 13.1 Å². The van der Waals surface area contributed by atoms with E-state index in [1.165, 1.54) is 0 Å². The molecule has 0 saturated heterocycles. The van der Waals surface area contributed by atoms with Crippen LogP contribution >= 0.6 is 0 Å². The highest BCUT2D eigenvalue weighted by Crippen LogP contribution is 2.09. The highest BCUT2D eigenvalue weighted by Gasteiger charge is 2.11. The summed E-state index contributed by atoms with van der Waals surface area (Å²) in [6, 6.07) is 7.98. The molecule has 0 fully saturated rings. The monoisotopic (exact) mass is 269 g/mol. The molecule has 0 saturated carbocycles. The quantitative estimate of drug-likeness (QED) is 0.720. The van der Waals surface area contributed by atoms with E-state index in [2.05, 4.69) is 15.3 Å². The molecule has 2 aromatic heterocycles. The van der Waals surface area contributed by atoms with E-state index >= 15 is 0 Å². The van der Waals surface area contributed by atoms with Crippen molar-refractivity contribution in [1.82, 2.24) is 24.5 Å². The van der Waals surface area contributed by atoms with Crippen molar-refractivity contribution >= 4 is 11.2 Å². The topological polar surface area (TPSA) is 65.6 Å². The molecule has 0 N–H and O–H groups in total. The molecule has 1 aromatic carbocycles. The number of fused-ring (bicyclic) bond motifs is 1. The Morgan fingerprint density at radius 1 is 1.25 bits per heavy atom. The molecule has 0 spiro atoms. The molecule has 0 aliphatic rings. The van der Waals surface area contributed by atoms with Gasteiger partial charge in [0, 0.05) is 6.54 Å². The number of rotatable bonds is 3. The summed E-state index contributed by atoms with van der Waals surface area (Å²) in [5.41, 5.74) is 2.95. The first-order valence-corrected chi connectivity index (χ1v) is 6.54. The van der Waals surface area contributed by atoms with Gasteiger partial charge in [0.15, 0.2) is 11.2 Å². The van der Waals surface area contributed by atoms with Crippen LogP contribution in [0.3, 0.4) is 0 Å². The van der Waals surface area contributed by atoms with Crippen molar-refractivity contribution in [3.05, 3.63) is 52.1 Å². The van der Waals surface area contributed by atoms with Crippen LogP contribution in [0.5, 0.6) is 0 Å². The summed E-state index contributed by atoms with van der Waals surface area (Å²) < 4.78 is 3.19. The molecule has 0 atom stereocenters. The number of nitrogens with zero attached hydrogens (tertiary/aromatic N) is 5. The fourth-order valence-electron chi connectivity index (χ4n) is 2.18. The van der Waals surface area contributed by atoms with Crippen LogP contribution in [0.4, 0.5) is 0 Å². The third kappa shape index (κ3) is 1.99. The van der Waals surface area contributed by atoms with Crippen molar-refractivity contribution in [2.75, 3.05) is 0 Å². The number of hydrogen-bond donors (Lipinski definition) is 0. The van der Waals surface area contributed by atoms with Gasteiger partial charge in [-0.3, -0.25) is 9.36 Å². The number of benzene rings is 1. The Kier molecular flexibility index (Phi) is 3.06. The zero-order valence-electron chi connectivity index (χ0n) is 11.4. The molecule has 20 heavy (non-hydrogen) atoms. The molecule has 0 unspecified atom stereocenters. The minimum Gasteiger partial charge on any atom is -0.293 e. The van der Waals surface area contributed by atoms with E-state index < -0.39 is 0 Å². The Balaban J connectivity index is 2.07. The summed E-state index contributed by atoms with van der Waals surface area (Å²) in [6.07, 6.45) is 1.56. The molecule has 6 heteroatoms. The van der Waals surface area contributed by atoms with Crippen LogP contribution in [-0.4, -0.2) is 24.5 Å². The predicted molar refractivity (Wildman–Crippen MR) is 75.5 cm³/mol. The van der Waals surface area contributed by atoms with E-state index in [1.54, 1.807) is 15.6 Å². The van der Waals surface area contributed by atoms with Crippen molar-refractivity contribution in [1.29, 1.82) is 0 Å². The Hall–Kier alpha value is -2.50. The highest BCUT2D eigenvalue weighted by molar-refractivity contribution is 5.67. The van der Waals surface area contributed by atoms with Gasteiger partial charge in [-0.15, -0.1) is 5.10 Å². The maximum absolute atomic E-state index is 12.4. The van der Waals surface area contributed by atoms with Gasteiger partial charge in [-0.25, -0.2) is 9.67 Å². The minimum absolute atomic E-state index is 0.155. The molecule has 0 radical (unpaired) electrons. The molecule has 3 rings (SSSR count). The SMILES string of the molecule is CCn1nnc2c(=O)n(Cc3ccccc3C)cnc21. The smallest absolute Gasteiger partial charge is 0.283 e. The van der Waals surface area contributed by atoms with Gasteiger partial charge in [-0.1, -0.05) is 29.5 Å². The Morgan fingerprint density at radius 2 is 2.05 bits per heavy atom. The Bertz CT molecular complexity index is 818. The number of aryl methyl sites for hydroxylation is 2. The van der Waals surface area contributed by atoms with Gasteiger partial charge in [0.05, 0.1) is 6.54 Å². The summed E-state index contributed by atoms with van der Waals surface area (Å²) in [6.45, 7) is 5.10. The van der Waals surface area contributed by atoms with Gasteiger partial charge < -0.3 is 0 Å². The zero-order valence-corrected chi connectivity index (χ0v) is 11.4. The van der Waals surface area contributed by atoms with Crippen LogP contribution in [0.25, 0.3) is 11.2 Å². The largest absolute Gasteiger partial charge is 0.293 e. The first kappa shape index (κ1) is 12.5. The van der Waals surface area contributed by atoms with Crippen molar-refractivity contribution in [2.24, 2.45) is 0 Å². The second-order valence-electron chi connectivity index (χ2n) is 4.68. The van der Waals surface area contributed by atoms with Gasteiger partial charge in [0.1, 0.15) is 6.33 Å². The van der Waals surface area contributed by atoms with Gasteiger partial charge >= 0.3 is 0 Å². The van der Waals surface area contributed by atoms with E-state index in [1.807, 2.05) is 38.1 Å². The number of aromatic nitrogens is 5. The molecule has 0 bridgehead atoms. The summed E-state index contributed by atoms with van der Waals surface area (Å²) in [5.74, 6) is 0. The lowest BCUT2D eigenvalue weighted by atomic mass is 10.1. The maximum Gasteiger partial charge on any atom is 0.283 e. The zero-order chi connectivity index (χ0) is 14.1. The van der Waals surface area contributed by atoms with Crippen LogP contribution in [0.1, 0.15) is 18.1 Å². The van der Waals surface area contributed by atoms with E-state index in [9.17, 15) is 4.79 Å². The molecule has 102 valence electrons. The third-order valence-corrected chi connectivity index (χ3v) is 3.39. The van der Waals surface area contributed by atoms with E-state index in [-0.39, 0.29) is 5.56 Å². The summed E-state index contributed by atoms with van der Waals surface area (Å²) in [4.78, 5) is 16.7. The first-order valence-electron chi connectivity index (χ1n) is 6.54. The Morgan fingerprint density at radius 3 is 2.80 bits per heavy atom. The average molecular weight is 269 g/mol. The predicted octanol–water partition coefficient (Wildman–Crippen LogP) is 1.36.